The molecule has 11 heteroatoms. The van der Waals surface area contributed by atoms with Crippen LogP contribution in [-0.4, -0.2) is 37.2 Å². The van der Waals surface area contributed by atoms with E-state index in [1.54, 1.807) is 31.2 Å². The van der Waals surface area contributed by atoms with Crippen LogP contribution in [0.5, 0.6) is 0 Å². The molecule has 1 fully saturated rings. The fourth-order valence-corrected chi connectivity index (χ4v) is 4.72. The minimum Gasteiger partial charge on any atom is -0.441 e. The Balaban J connectivity index is 1.39. The first kappa shape index (κ1) is 23.2. The van der Waals surface area contributed by atoms with Crippen LogP contribution in [0.2, 0.25) is 0 Å². The van der Waals surface area contributed by atoms with Crippen LogP contribution in [0.15, 0.2) is 70.2 Å². The molecule has 1 saturated heterocycles. The van der Waals surface area contributed by atoms with E-state index >= 15 is 0 Å². The lowest BCUT2D eigenvalue weighted by Gasteiger charge is -2.24. The highest BCUT2D eigenvalue weighted by Gasteiger charge is 2.31. The molecule has 0 saturated carbocycles. The third kappa shape index (κ3) is 3.90. The maximum absolute atomic E-state index is 13.6. The molecular weight excluding hydrogens is 488 g/mol. The van der Waals surface area contributed by atoms with Crippen molar-refractivity contribution in [1.82, 2.24) is 24.8 Å². The Kier molecular flexibility index (Phi) is 5.52. The molecule has 188 valence electrons. The summed E-state index contributed by atoms with van der Waals surface area (Å²) in [6, 6.07) is 15.2. The minimum atomic E-state index is -0.887. The molecule has 2 aromatic carbocycles. The second-order valence-corrected chi connectivity index (χ2v) is 8.87. The van der Waals surface area contributed by atoms with Crippen molar-refractivity contribution in [3.8, 4) is 11.5 Å². The number of carbonyl (C=O) groups is 3. The number of hydrogen-bond acceptors (Lipinski definition) is 8. The Morgan fingerprint density at radius 2 is 1.84 bits per heavy atom. The van der Waals surface area contributed by atoms with Crippen LogP contribution in [0, 0.1) is 6.92 Å². The van der Waals surface area contributed by atoms with E-state index in [1.165, 1.54) is 4.57 Å². The molecule has 0 spiro atoms. The number of aromatic nitrogens is 4. The highest BCUT2D eigenvalue weighted by molar-refractivity contribution is 6.10. The van der Waals surface area contributed by atoms with Crippen LogP contribution < -0.4 is 16.2 Å². The largest absolute Gasteiger partial charge is 0.441 e. The molecule has 1 unspecified atom stereocenters. The van der Waals surface area contributed by atoms with Gasteiger partial charge in [-0.3, -0.25) is 29.1 Å². The smallest absolute Gasteiger partial charge is 0.278 e. The topological polar surface area (TPSA) is 149 Å². The number of pyridine rings is 1. The highest BCUT2D eigenvalue weighted by Crippen LogP contribution is 2.27. The van der Waals surface area contributed by atoms with Gasteiger partial charge in [-0.2, -0.15) is 0 Å². The van der Waals surface area contributed by atoms with Gasteiger partial charge in [0.15, 0.2) is 17.8 Å². The average Bonchev–Trinajstić information content (AvgIpc) is 3.40. The maximum Gasteiger partial charge on any atom is 0.278 e. The minimum absolute atomic E-state index is 0.00430. The molecule has 0 radical (unpaired) electrons. The number of fused-ring (bicyclic) bond motifs is 2. The molecule has 0 bridgehead atoms. The fourth-order valence-electron chi connectivity index (χ4n) is 4.72. The number of anilines is 1. The van der Waals surface area contributed by atoms with Crippen LogP contribution in [-0.2, 0) is 9.59 Å². The first-order valence-corrected chi connectivity index (χ1v) is 11.9. The number of benzene rings is 2. The molecule has 38 heavy (non-hydrogen) atoms. The van der Waals surface area contributed by atoms with Gasteiger partial charge in [0.05, 0.1) is 22.1 Å². The van der Waals surface area contributed by atoms with Crippen molar-refractivity contribution in [3.05, 3.63) is 82.9 Å². The van der Waals surface area contributed by atoms with Crippen LogP contribution in [0.25, 0.3) is 33.3 Å². The molecule has 1 aliphatic rings. The van der Waals surface area contributed by atoms with Crippen molar-refractivity contribution in [2.75, 3.05) is 5.32 Å². The van der Waals surface area contributed by atoms with E-state index in [-0.39, 0.29) is 41.3 Å². The summed E-state index contributed by atoms with van der Waals surface area (Å²) in [5.41, 5.74) is 1.21. The van der Waals surface area contributed by atoms with Gasteiger partial charge in [0.1, 0.15) is 17.6 Å². The van der Waals surface area contributed by atoms with Gasteiger partial charge < -0.3 is 9.73 Å². The SMILES string of the molecule is Cc1nc2cccc(NC(=O)c3ncoc3-c3ccc4ccccc4n3)c2c(=O)n1C1CCC(=O)NC1=O. The summed E-state index contributed by atoms with van der Waals surface area (Å²) in [6.45, 7) is 1.62. The number of aryl methyl sites for hydroxylation is 1. The second kappa shape index (κ2) is 9.04. The number of nitrogens with one attached hydrogen (secondary N) is 2. The van der Waals surface area contributed by atoms with Crippen molar-refractivity contribution in [2.24, 2.45) is 0 Å². The third-order valence-corrected chi connectivity index (χ3v) is 6.49. The molecule has 11 nitrogen and oxygen atoms in total. The lowest BCUT2D eigenvalue weighted by atomic mass is 10.1. The Morgan fingerprint density at radius 3 is 2.68 bits per heavy atom. The molecule has 1 atom stereocenters. The first-order valence-electron chi connectivity index (χ1n) is 11.9. The lowest BCUT2D eigenvalue weighted by Crippen LogP contribution is -2.45. The van der Waals surface area contributed by atoms with E-state index in [9.17, 15) is 19.2 Å². The number of piperidine rings is 1. The number of amides is 3. The van der Waals surface area contributed by atoms with Gasteiger partial charge in [-0.25, -0.2) is 15.0 Å². The summed E-state index contributed by atoms with van der Waals surface area (Å²) < 4.78 is 6.78. The van der Waals surface area contributed by atoms with E-state index in [2.05, 4.69) is 25.6 Å². The van der Waals surface area contributed by atoms with Crippen molar-refractivity contribution in [3.63, 3.8) is 0 Å². The first-order chi connectivity index (χ1) is 18.4. The average molecular weight is 508 g/mol. The zero-order chi connectivity index (χ0) is 26.4. The summed E-state index contributed by atoms with van der Waals surface area (Å²) in [7, 11) is 0. The summed E-state index contributed by atoms with van der Waals surface area (Å²) >= 11 is 0. The van der Waals surface area contributed by atoms with Gasteiger partial charge >= 0.3 is 0 Å². The Morgan fingerprint density at radius 1 is 1.03 bits per heavy atom. The van der Waals surface area contributed by atoms with E-state index in [0.717, 1.165) is 17.3 Å². The Hall–Kier alpha value is -5.19. The molecule has 3 amide bonds. The van der Waals surface area contributed by atoms with Crippen LogP contribution in [0.1, 0.15) is 35.2 Å². The third-order valence-electron chi connectivity index (χ3n) is 6.49. The standard InChI is InChI=1S/C27H20N6O5/c1-14-29-17-7-4-8-18(22(17)27(37)33(14)20-11-12-21(34)32-25(20)35)31-26(36)23-24(38-13-28-23)19-10-9-15-5-2-3-6-16(15)30-19/h2-10,13,20H,11-12H2,1H3,(H,31,36)(H,32,34,35). The number of oxazole rings is 1. The van der Waals surface area contributed by atoms with Crippen LogP contribution in [0.3, 0.4) is 0 Å². The van der Waals surface area contributed by atoms with Gasteiger partial charge in [-0.05, 0) is 37.6 Å². The number of nitrogens with zero attached hydrogens (tertiary/aromatic N) is 4. The molecule has 0 aliphatic carbocycles. The Labute approximate surface area is 214 Å². The Bertz CT molecular complexity index is 1840. The molecule has 5 aromatic rings. The van der Waals surface area contributed by atoms with Gasteiger partial charge in [0, 0.05) is 11.8 Å². The van der Waals surface area contributed by atoms with E-state index in [4.69, 9.17) is 4.42 Å². The van der Waals surface area contributed by atoms with Crippen LogP contribution in [0.4, 0.5) is 5.69 Å². The van der Waals surface area contributed by atoms with Crippen molar-refractivity contribution >= 4 is 45.2 Å². The monoisotopic (exact) mass is 508 g/mol. The molecule has 6 rings (SSSR count). The van der Waals surface area contributed by atoms with E-state index in [0.29, 0.717) is 17.0 Å². The van der Waals surface area contributed by atoms with Gasteiger partial charge in [0.2, 0.25) is 11.8 Å². The zero-order valence-corrected chi connectivity index (χ0v) is 20.1. The maximum atomic E-state index is 13.6. The van der Waals surface area contributed by atoms with Gasteiger partial charge in [0.25, 0.3) is 11.5 Å². The van der Waals surface area contributed by atoms with Crippen molar-refractivity contribution in [2.45, 2.75) is 25.8 Å². The van der Waals surface area contributed by atoms with E-state index in [1.807, 2.05) is 30.3 Å². The predicted molar refractivity (Wildman–Crippen MR) is 137 cm³/mol. The number of para-hydroxylation sites is 1. The van der Waals surface area contributed by atoms with Gasteiger partial charge in [-0.1, -0.05) is 30.3 Å². The fraction of sp³-hybridized carbons (Fsp3) is 0.148. The molecule has 3 aromatic heterocycles. The van der Waals surface area contributed by atoms with Crippen molar-refractivity contribution < 1.29 is 18.8 Å². The quantitative estimate of drug-likeness (QED) is 0.352. The molecular formula is C27H20N6O5. The number of imide groups is 1. The van der Waals surface area contributed by atoms with Crippen molar-refractivity contribution in [1.29, 1.82) is 0 Å². The summed E-state index contributed by atoms with van der Waals surface area (Å²) in [5.74, 6) is -1.05. The zero-order valence-electron chi connectivity index (χ0n) is 20.1. The lowest BCUT2D eigenvalue weighted by molar-refractivity contribution is -0.135. The van der Waals surface area contributed by atoms with Gasteiger partial charge in [-0.15, -0.1) is 0 Å². The summed E-state index contributed by atoms with van der Waals surface area (Å²) in [4.78, 5) is 64.3. The number of rotatable bonds is 4. The molecule has 2 N–H and O–H groups in total. The molecule has 4 heterocycles. The normalized spacial score (nSPS) is 15.6. The number of carbonyl (C=O) groups excluding carboxylic acids is 3. The predicted octanol–water partition coefficient (Wildman–Crippen LogP) is 3.14. The summed E-state index contributed by atoms with van der Waals surface area (Å²) in [6.07, 6.45) is 1.44. The van der Waals surface area contributed by atoms with E-state index < -0.39 is 23.4 Å². The number of hydrogen-bond donors (Lipinski definition) is 2. The molecule has 1 aliphatic heterocycles. The summed E-state index contributed by atoms with van der Waals surface area (Å²) in [5, 5.41) is 6.08. The second-order valence-electron chi connectivity index (χ2n) is 8.87. The van der Waals surface area contributed by atoms with Crippen LogP contribution >= 0.6 is 0 Å². The highest BCUT2D eigenvalue weighted by atomic mass is 16.3.